The number of amides is 1. The number of fused-ring (bicyclic) bond motifs is 1. The van der Waals surface area contributed by atoms with Gasteiger partial charge in [0.15, 0.2) is 0 Å². The Morgan fingerprint density at radius 2 is 2.00 bits per heavy atom. The predicted molar refractivity (Wildman–Crippen MR) is 86.1 cm³/mol. The third-order valence-corrected chi connectivity index (χ3v) is 4.00. The molecule has 136 valence electrons. The van der Waals surface area contributed by atoms with Gasteiger partial charge in [0.05, 0.1) is 25.5 Å². The molecule has 2 N–H and O–H groups in total. The molecule has 0 unspecified atom stereocenters. The third kappa shape index (κ3) is 3.29. The van der Waals surface area contributed by atoms with E-state index in [9.17, 15) is 23.9 Å². The molecule has 0 saturated heterocycles. The molecule has 0 saturated carbocycles. The molecule has 1 aromatic heterocycles. The van der Waals surface area contributed by atoms with Crippen LogP contribution in [0.2, 0.25) is 0 Å². The zero-order chi connectivity index (χ0) is 18.8. The number of ether oxygens (including phenoxy) is 1. The summed E-state index contributed by atoms with van der Waals surface area (Å²) in [6, 6.07) is 5.58. The summed E-state index contributed by atoms with van der Waals surface area (Å²) in [5.41, 5.74) is -0.259. The highest BCUT2D eigenvalue weighted by molar-refractivity contribution is 5.82. The lowest BCUT2D eigenvalue weighted by Gasteiger charge is -2.23. The van der Waals surface area contributed by atoms with Crippen molar-refractivity contribution in [1.82, 2.24) is 9.47 Å². The van der Waals surface area contributed by atoms with Crippen LogP contribution in [0.25, 0.3) is 0 Å². The highest BCUT2D eigenvalue weighted by atomic mass is 19.1. The molecule has 1 amide bonds. The first kappa shape index (κ1) is 17.6. The number of benzene rings is 1. The molecule has 9 heteroatoms. The largest absolute Gasteiger partial charge is 0.507 e. The summed E-state index contributed by atoms with van der Waals surface area (Å²) in [6.07, 6.45) is 0. The van der Waals surface area contributed by atoms with Crippen LogP contribution in [0, 0.1) is 5.82 Å². The van der Waals surface area contributed by atoms with Crippen LogP contribution in [0.5, 0.6) is 5.75 Å². The van der Waals surface area contributed by atoms with Crippen LogP contribution in [0.4, 0.5) is 9.18 Å². The molecule has 2 aromatic rings. The van der Waals surface area contributed by atoms with Crippen molar-refractivity contribution in [3.8, 4) is 5.75 Å². The number of hydrogen-bond acceptors (Lipinski definition) is 5. The summed E-state index contributed by atoms with van der Waals surface area (Å²) in [4.78, 5) is 37.1. The van der Waals surface area contributed by atoms with Crippen LogP contribution < -0.4 is 5.56 Å². The molecular weight excluding hydrogens is 347 g/mol. The van der Waals surface area contributed by atoms with Crippen molar-refractivity contribution in [1.29, 1.82) is 0 Å². The third-order valence-electron chi connectivity index (χ3n) is 4.00. The maximum absolute atomic E-state index is 13.9. The van der Waals surface area contributed by atoms with E-state index < -0.39 is 29.9 Å². The Kier molecular flexibility index (Phi) is 4.72. The smallest absolute Gasteiger partial charge is 0.332 e. The summed E-state index contributed by atoms with van der Waals surface area (Å²) >= 11 is 0. The molecule has 0 aliphatic carbocycles. The maximum Gasteiger partial charge on any atom is 0.332 e. The van der Waals surface area contributed by atoms with Gasteiger partial charge in [0.1, 0.15) is 18.1 Å². The molecule has 1 aliphatic rings. The number of carboxylic acid groups (broad SMARTS) is 1. The molecule has 0 fully saturated rings. The van der Waals surface area contributed by atoms with Crippen LogP contribution in [0.3, 0.4) is 0 Å². The van der Waals surface area contributed by atoms with Gasteiger partial charge in [0.25, 0.3) is 5.56 Å². The summed E-state index contributed by atoms with van der Waals surface area (Å²) in [7, 11) is 0. The Bertz CT molecular complexity index is 939. The lowest BCUT2D eigenvalue weighted by molar-refractivity contribution is -0.137. The fourth-order valence-electron chi connectivity index (χ4n) is 2.78. The van der Waals surface area contributed by atoms with Gasteiger partial charge in [-0.05, 0) is 6.07 Å². The Hall–Kier alpha value is -3.20. The minimum absolute atomic E-state index is 0.0287. The number of carbonyl (C=O) groups is 2. The van der Waals surface area contributed by atoms with Crippen LogP contribution in [0.15, 0.2) is 35.1 Å². The number of hydrogen-bond donors (Lipinski definition) is 2. The number of aromatic nitrogens is 1. The second-order valence-corrected chi connectivity index (χ2v) is 5.75. The van der Waals surface area contributed by atoms with Crippen molar-refractivity contribution in [3.63, 3.8) is 0 Å². The topological polar surface area (TPSA) is 109 Å². The Morgan fingerprint density at radius 1 is 1.27 bits per heavy atom. The first-order valence-electron chi connectivity index (χ1n) is 7.67. The Labute approximate surface area is 146 Å². The van der Waals surface area contributed by atoms with Gasteiger partial charge >= 0.3 is 12.0 Å². The van der Waals surface area contributed by atoms with E-state index in [1.54, 1.807) is 6.07 Å². The standard InChI is InChI=1S/C17H15FN2O6/c18-12-4-2-1-3-10(12)6-19(7-16(23)24)17(25)20-13-9-26-8-11(13)14(21)5-15(20)22/h1-5,21H,6-9H2,(H,23,24). The van der Waals surface area contributed by atoms with Gasteiger partial charge in [0, 0.05) is 17.2 Å². The lowest BCUT2D eigenvalue weighted by atomic mass is 10.2. The van der Waals surface area contributed by atoms with E-state index >= 15 is 0 Å². The summed E-state index contributed by atoms with van der Waals surface area (Å²) in [6.45, 7) is -1.11. The van der Waals surface area contributed by atoms with Gasteiger partial charge in [-0.3, -0.25) is 9.59 Å². The molecule has 1 aliphatic heterocycles. The quantitative estimate of drug-likeness (QED) is 0.848. The average Bonchev–Trinajstić information content (AvgIpc) is 3.05. The molecular formula is C17H15FN2O6. The van der Waals surface area contributed by atoms with Gasteiger partial charge in [-0.1, -0.05) is 18.2 Å². The van der Waals surface area contributed by atoms with E-state index in [-0.39, 0.29) is 36.8 Å². The van der Waals surface area contributed by atoms with Crippen molar-refractivity contribution in [3.05, 3.63) is 63.3 Å². The number of pyridine rings is 1. The van der Waals surface area contributed by atoms with Crippen molar-refractivity contribution in [2.24, 2.45) is 0 Å². The van der Waals surface area contributed by atoms with Gasteiger partial charge in [-0.15, -0.1) is 0 Å². The number of carbonyl (C=O) groups excluding carboxylic acids is 1. The fourth-order valence-corrected chi connectivity index (χ4v) is 2.78. The van der Waals surface area contributed by atoms with Crippen molar-refractivity contribution >= 4 is 12.0 Å². The highest BCUT2D eigenvalue weighted by Crippen LogP contribution is 2.26. The number of carboxylic acids is 1. The molecule has 3 rings (SSSR count). The van der Waals surface area contributed by atoms with Crippen LogP contribution in [-0.4, -0.2) is 38.2 Å². The van der Waals surface area contributed by atoms with Crippen molar-refractivity contribution < 1.29 is 28.9 Å². The molecule has 0 bridgehead atoms. The van der Waals surface area contributed by atoms with Crippen LogP contribution >= 0.6 is 0 Å². The summed E-state index contributed by atoms with van der Waals surface area (Å²) in [5, 5.41) is 18.9. The average molecular weight is 362 g/mol. The van der Waals surface area contributed by atoms with E-state index in [1.165, 1.54) is 18.2 Å². The van der Waals surface area contributed by atoms with Gasteiger partial charge < -0.3 is 19.8 Å². The Balaban J connectivity index is 2.02. The summed E-state index contributed by atoms with van der Waals surface area (Å²) < 4.78 is 19.8. The van der Waals surface area contributed by atoms with Crippen molar-refractivity contribution in [2.45, 2.75) is 19.8 Å². The van der Waals surface area contributed by atoms with Gasteiger partial charge in [0.2, 0.25) is 0 Å². The van der Waals surface area contributed by atoms with E-state index in [1.807, 2.05) is 0 Å². The predicted octanol–water partition coefficient (Wildman–Crippen LogP) is 1.28. The van der Waals surface area contributed by atoms with Gasteiger partial charge in [-0.25, -0.2) is 13.8 Å². The highest BCUT2D eigenvalue weighted by Gasteiger charge is 2.28. The SMILES string of the molecule is O=C(O)CN(Cc1ccccc1F)C(=O)n1c2c(c(O)cc1=O)COC2. The second-order valence-electron chi connectivity index (χ2n) is 5.75. The number of aliphatic carboxylic acids is 1. The molecule has 1 aromatic carbocycles. The molecule has 26 heavy (non-hydrogen) atoms. The number of aromatic hydroxyl groups is 1. The number of nitrogens with zero attached hydrogens (tertiary/aromatic N) is 2. The van der Waals surface area contributed by atoms with E-state index in [0.717, 1.165) is 15.5 Å². The van der Waals surface area contributed by atoms with E-state index in [4.69, 9.17) is 9.84 Å². The van der Waals surface area contributed by atoms with Crippen molar-refractivity contribution in [2.75, 3.05) is 6.54 Å². The minimum Gasteiger partial charge on any atom is -0.507 e. The minimum atomic E-state index is -1.31. The monoisotopic (exact) mass is 362 g/mol. The fraction of sp³-hybridized carbons (Fsp3) is 0.235. The maximum atomic E-state index is 13.9. The zero-order valence-corrected chi connectivity index (χ0v) is 13.5. The first-order valence-corrected chi connectivity index (χ1v) is 7.67. The van der Waals surface area contributed by atoms with E-state index in [2.05, 4.69) is 0 Å². The van der Waals surface area contributed by atoms with E-state index in [0.29, 0.717) is 5.56 Å². The molecule has 0 radical (unpaired) electrons. The number of rotatable bonds is 4. The summed E-state index contributed by atoms with van der Waals surface area (Å²) in [5.74, 6) is -2.19. The van der Waals surface area contributed by atoms with Gasteiger partial charge in [-0.2, -0.15) is 0 Å². The lowest BCUT2D eigenvalue weighted by Crippen LogP contribution is -2.43. The molecule has 0 spiro atoms. The molecule has 2 heterocycles. The van der Waals surface area contributed by atoms with Crippen LogP contribution in [-0.2, 0) is 29.3 Å². The number of halogens is 1. The Morgan fingerprint density at radius 3 is 2.69 bits per heavy atom. The molecule has 8 nitrogen and oxygen atoms in total. The normalized spacial score (nSPS) is 12.7. The molecule has 0 atom stereocenters. The zero-order valence-electron chi connectivity index (χ0n) is 13.5. The second kappa shape index (κ2) is 6.96. The first-order chi connectivity index (χ1) is 12.4. The van der Waals surface area contributed by atoms with Crippen LogP contribution in [0.1, 0.15) is 16.8 Å².